The van der Waals surface area contributed by atoms with Gasteiger partial charge in [0.2, 0.25) is 0 Å². The van der Waals surface area contributed by atoms with E-state index in [1.165, 1.54) is 30.3 Å². The number of amides is 1. The van der Waals surface area contributed by atoms with Gasteiger partial charge in [0.25, 0.3) is 5.91 Å². The molecule has 2 aromatic carbocycles. The topological polar surface area (TPSA) is 29.1 Å². The zero-order valence-corrected chi connectivity index (χ0v) is 12.0. The Morgan fingerprint density at radius 1 is 1.10 bits per heavy atom. The van der Waals surface area contributed by atoms with Crippen molar-refractivity contribution in [1.82, 2.24) is 5.32 Å². The molecule has 21 heavy (non-hydrogen) atoms. The largest absolute Gasteiger partial charge is 0.349 e. The van der Waals surface area contributed by atoms with Crippen LogP contribution in [0.15, 0.2) is 42.5 Å². The third kappa shape index (κ3) is 4.12. The van der Waals surface area contributed by atoms with Crippen LogP contribution in [0.25, 0.3) is 0 Å². The van der Waals surface area contributed by atoms with Crippen molar-refractivity contribution in [3.05, 3.63) is 70.8 Å². The number of nitrogens with one attached hydrogen (secondary N) is 1. The van der Waals surface area contributed by atoms with Crippen molar-refractivity contribution in [1.29, 1.82) is 0 Å². The average Bonchev–Trinajstić information content (AvgIpc) is 2.41. The van der Waals surface area contributed by atoms with E-state index >= 15 is 0 Å². The first kappa shape index (κ1) is 15.2. The van der Waals surface area contributed by atoms with Gasteiger partial charge in [-0.25, -0.2) is 8.78 Å². The molecule has 0 saturated carbocycles. The summed E-state index contributed by atoms with van der Waals surface area (Å²) < 4.78 is 25.9. The molecule has 1 N–H and O–H groups in total. The molecule has 0 radical (unpaired) electrons. The molecule has 0 fully saturated rings. The number of hydrogen-bond acceptors (Lipinski definition) is 1. The zero-order valence-electron chi connectivity index (χ0n) is 12.0. The van der Waals surface area contributed by atoms with Gasteiger partial charge in [0, 0.05) is 11.6 Å². The summed E-state index contributed by atoms with van der Waals surface area (Å²) in [5.41, 5.74) is 2.00. The molecule has 0 aliphatic carbocycles. The summed E-state index contributed by atoms with van der Waals surface area (Å²) in [7, 11) is 0. The highest BCUT2D eigenvalue weighted by Gasteiger charge is 2.13. The van der Waals surface area contributed by atoms with E-state index in [1.807, 2.05) is 6.92 Å². The Bertz CT molecular complexity index is 638. The van der Waals surface area contributed by atoms with Crippen molar-refractivity contribution in [3.63, 3.8) is 0 Å². The first-order valence-corrected chi connectivity index (χ1v) is 6.77. The van der Waals surface area contributed by atoms with Gasteiger partial charge >= 0.3 is 0 Å². The van der Waals surface area contributed by atoms with Gasteiger partial charge in [0.15, 0.2) is 0 Å². The number of aryl methyl sites for hydroxylation is 1. The van der Waals surface area contributed by atoms with Crippen LogP contribution >= 0.6 is 0 Å². The second kappa shape index (κ2) is 6.48. The molecule has 0 spiro atoms. The summed E-state index contributed by atoms with van der Waals surface area (Å²) in [5.74, 6) is -0.872. The summed E-state index contributed by atoms with van der Waals surface area (Å²) in [6.07, 6.45) is 0.603. The predicted octanol–water partition coefficient (Wildman–Crippen LogP) is 3.63. The molecule has 1 atom stereocenters. The Morgan fingerprint density at radius 3 is 2.33 bits per heavy atom. The molecule has 0 saturated heterocycles. The number of carbonyl (C=O) groups excluding carboxylic acids is 1. The smallest absolute Gasteiger partial charge is 0.251 e. The Balaban J connectivity index is 2.00. The van der Waals surface area contributed by atoms with Crippen LogP contribution in [-0.2, 0) is 6.42 Å². The van der Waals surface area contributed by atoms with Gasteiger partial charge in [0.05, 0.1) is 0 Å². The van der Waals surface area contributed by atoms with Gasteiger partial charge in [-0.2, -0.15) is 0 Å². The molecule has 0 aliphatic heterocycles. The predicted molar refractivity (Wildman–Crippen MR) is 78.2 cm³/mol. The number of carbonyl (C=O) groups is 1. The van der Waals surface area contributed by atoms with Gasteiger partial charge < -0.3 is 5.32 Å². The van der Waals surface area contributed by atoms with Crippen molar-refractivity contribution in [2.24, 2.45) is 0 Å². The summed E-state index contributed by atoms with van der Waals surface area (Å²) in [6, 6.07) is 10.2. The second-order valence-electron chi connectivity index (χ2n) is 5.16. The van der Waals surface area contributed by atoms with Gasteiger partial charge in [-0.1, -0.05) is 12.1 Å². The van der Waals surface area contributed by atoms with E-state index in [0.717, 1.165) is 5.56 Å². The maximum absolute atomic E-state index is 13.0. The fraction of sp³-hybridized carbons (Fsp3) is 0.235. The quantitative estimate of drug-likeness (QED) is 0.915. The molecule has 1 amide bonds. The molecular formula is C17H17F2NO. The second-order valence-corrected chi connectivity index (χ2v) is 5.16. The van der Waals surface area contributed by atoms with E-state index in [-0.39, 0.29) is 23.6 Å². The molecule has 2 nitrogen and oxygen atoms in total. The van der Waals surface area contributed by atoms with E-state index in [9.17, 15) is 13.6 Å². The number of hydrogen-bond donors (Lipinski definition) is 1. The Kier molecular flexibility index (Phi) is 4.68. The minimum Gasteiger partial charge on any atom is -0.349 e. The third-order valence-electron chi connectivity index (χ3n) is 3.27. The lowest BCUT2D eigenvalue weighted by atomic mass is 10.0. The van der Waals surface area contributed by atoms with Crippen LogP contribution in [0.3, 0.4) is 0 Å². The Morgan fingerprint density at radius 2 is 1.71 bits per heavy atom. The highest BCUT2D eigenvalue weighted by atomic mass is 19.1. The first-order valence-electron chi connectivity index (χ1n) is 6.77. The molecule has 0 aromatic heterocycles. The van der Waals surface area contributed by atoms with Crippen molar-refractivity contribution >= 4 is 5.91 Å². The molecule has 4 heteroatoms. The normalized spacial score (nSPS) is 12.0. The van der Waals surface area contributed by atoms with Gasteiger partial charge in [-0.3, -0.25) is 4.79 Å². The van der Waals surface area contributed by atoms with Crippen LogP contribution in [0.2, 0.25) is 0 Å². The van der Waals surface area contributed by atoms with Gasteiger partial charge in [-0.15, -0.1) is 0 Å². The summed E-state index contributed by atoms with van der Waals surface area (Å²) >= 11 is 0. The lowest BCUT2D eigenvalue weighted by Gasteiger charge is -2.15. The molecule has 0 heterocycles. The molecule has 0 bridgehead atoms. The number of halogens is 2. The molecule has 110 valence electrons. The fourth-order valence-electron chi connectivity index (χ4n) is 2.21. The first-order chi connectivity index (χ1) is 9.95. The van der Waals surface area contributed by atoms with Crippen LogP contribution in [0.1, 0.15) is 28.4 Å². The highest BCUT2D eigenvalue weighted by molar-refractivity contribution is 5.95. The minimum atomic E-state index is -0.358. The Labute approximate surface area is 122 Å². The van der Waals surface area contributed by atoms with E-state index in [0.29, 0.717) is 17.5 Å². The standard InChI is InChI=1S/C17H17F2NO/c1-11-9-15(19)7-8-16(11)17(21)20-12(2)10-13-3-5-14(18)6-4-13/h3-9,12H,10H2,1-2H3,(H,20,21). The van der Waals surface area contributed by atoms with Crippen molar-refractivity contribution < 1.29 is 13.6 Å². The van der Waals surface area contributed by atoms with Crippen LogP contribution in [0.4, 0.5) is 8.78 Å². The van der Waals surface area contributed by atoms with Gasteiger partial charge in [-0.05, 0) is 61.7 Å². The summed E-state index contributed by atoms with van der Waals surface area (Å²) in [5, 5.41) is 2.86. The molecule has 2 rings (SSSR count). The maximum atomic E-state index is 13.0. The third-order valence-corrected chi connectivity index (χ3v) is 3.27. The summed E-state index contributed by atoms with van der Waals surface area (Å²) in [6.45, 7) is 3.57. The van der Waals surface area contributed by atoms with E-state index < -0.39 is 0 Å². The van der Waals surface area contributed by atoms with Crippen LogP contribution < -0.4 is 5.32 Å². The van der Waals surface area contributed by atoms with Crippen LogP contribution in [-0.4, -0.2) is 11.9 Å². The lowest BCUT2D eigenvalue weighted by molar-refractivity contribution is 0.0939. The molecule has 2 aromatic rings. The molecular weight excluding hydrogens is 272 g/mol. The van der Waals surface area contributed by atoms with Crippen LogP contribution in [0.5, 0.6) is 0 Å². The monoisotopic (exact) mass is 289 g/mol. The van der Waals surface area contributed by atoms with Crippen LogP contribution in [0, 0.1) is 18.6 Å². The highest BCUT2D eigenvalue weighted by Crippen LogP contribution is 2.11. The Hall–Kier alpha value is -2.23. The zero-order chi connectivity index (χ0) is 15.4. The van der Waals surface area contributed by atoms with Gasteiger partial charge in [0.1, 0.15) is 11.6 Å². The van der Waals surface area contributed by atoms with E-state index in [4.69, 9.17) is 0 Å². The van der Waals surface area contributed by atoms with Crippen molar-refractivity contribution in [3.8, 4) is 0 Å². The number of benzene rings is 2. The summed E-state index contributed by atoms with van der Waals surface area (Å²) in [4.78, 5) is 12.1. The minimum absolute atomic E-state index is 0.104. The molecule has 0 aliphatic rings. The SMILES string of the molecule is Cc1cc(F)ccc1C(=O)NC(C)Cc1ccc(F)cc1. The number of rotatable bonds is 4. The molecule has 1 unspecified atom stereocenters. The van der Waals surface area contributed by atoms with Crippen molar-refractivity contribution in [2.45, 2.75) is 26.3 Å². The van der Waals surface area contributed by atoms with E-state index in [1.54, 1.807) is 19.1 Å². The van der Waals surface area contributed by atoms with E-state index in [2.05, 4.69) is 5.32 Å². The maximum Gasteiger partial charge on any atom is 0.251 e. The average molecular weight is 289 g/mol. The lowest BCUT2D eigenvalue weighted by Crippen LogP contribution is -2.34. The van der Waals surface area contributed by atoms with Crippen molar-refractivity contribution in [2.75, 3.05) is 0 Å². The fourth-order valence-corrected chi connectivity index (χ4v) is 2.21.